The average molecular weight is 135 g/mol. The third kappa shape index (κ3) is 4.31. The molecule has 0 heterocycles. The van der Waals surface area contributed by atoms with Crippen LogP contribution in [0, 0.1) is 0 Å². The zero-order chi connectivity index (χ0) is 7.33. The van der Waals surface area contributed by atoms with Crippen molar-refractivity contribution in [3.8, 4) is 0 Å². The molecule has 0 aromatic heterocycles. The van der Waals surface area contributed by atoms with Crippen molar-refractivity contribution in [2.24, 2.45) is 11.5 Å². The van der Waals surface area contributed by atoms with Gasteiger partial charge in [0.2, 0.25) is 0 Å². The van der Waals surface area contributed by atoms with Crippen LogP contribution in [0.25, 0.3) is 0 Å². The molecule has 0 aliphatic heterocycles. The summed E-state index contributed by atoms with van der Waals surface area (Å²) in [5.41, 5.74) is 10.4. The largest absolute Gasteiger partial charge is 0.395 e. The zero-order valence-electron chi connectivity index (χ0n) is 5.17. The maximum absolute atomic E-state index is 8.43. The molecule has 0 aliphatic carbocycles. The highest BCUT2D eigenvalue weighted by atomic mass is 16.3. The van der Waals surface area contributed by atoms with Crippen LogP contribution in [0.1, 0.15) is 0 Å². The zero-order valence-corrected chi connectivity index (χ0v) is 5.17. The lowest BCUT2D eigenvalue weighted by Gasteiger charge is -2.22. The summed E-state index contributed by atoms with van der Waals surface area (Å²) < 4.78 is 0. The van der Waals surface area contributed by atoms with Crippen LogP contribution in [0.15, 0.2) is 0 Å². The minimum atomic E-state index is -1.26. The van der Waals surface area contributed by atoms with Crippen LogP contribution >= 0.6 is 0 Å². The molecule has 0 spiro atoms. The van der Waals surface area contributed by atoms with Crippen LogP contribution in [0.5, 0.6) is 0 Å². The maximum Gasteiger partial charge on any atom is 0.142 e. The number of aliphatic hydroxyl groups is 2. The van der Waals surface area contributed by atoms with E-state index in [9.17, 15) is 0 Å². The van der Waals surface area contributed by atoms with Crippen LogP contribution in [0.2, 0.25) is 0 Å². The molecule has 0 bridgehead atoms. The van der Waals surface area contributed by atoms with Gasteiger partial charge < -0.3 is 10.2 Å². The first-order valence-electron chi connectivity index (χ1n) is 2.67. The Balaban J connectivity index is 3.33. The molecular formula is C4H13N3O2. The van der Waals surface area contributed by atoms with E-state index >= 15 is 0 Å². The number of nitrogens with two attached hydrogens (primary N) is 2. The Morgan fingerprint density at radius 1 is 1.33 bits per heavy atom. The van der Waals surface area contributed by atoms with E-state index in [1.165, 1.54) is 0 Å². The molecule has 0 radical (unpaired) electrons. The molecule has 5 heteroatoms. The molecular weight excluding hydrogens is 122 g/mol. The molecule has 0 aromatic carbocycles. The molecule has 0 rings (SSSR count). The van der Waals surface area contributed by atoms with Gasteiger partial charge in [0, 0.05) is 6.54 Å². The Labute approximate surface area is 53.7 Å². The van der Waals surface area contributed by atoms with E-state index in [0.29, 0.717) is 0 Å². The summed E-state index contributed by atoms with van der Waals surface area (Å²) in [6.45, 7) is -0.114. The van der Waals surface area contributed by atoms with E-state index in [0.717, 1.165) is 0 Å². The lowest BCUT2D eigenvalue weighted by Crippen LogP contribution is -2.64. The third-order valence-corrected chi connectivity index (χ3v) is 0.828. The minimum absolute atomic E-state index is 0.0455. The van der Waals surface area contributed by atoms with Crippen LogP contribution in [0.4, 0.5) is 0 Å². The lowest BCUT2D eigenvalue weighted by molar-refractivity contribution is 0.159. The van der Waals surface area contributed by atoms with Gasteiger partial charge in [0.1, 0.15) is 5.79 Å². The van der Waals surface area contributed by atoms with Crippen molar-refractivity contribution in [3.63, 3.8) is 0 Å². The molecule has 0 unspecified atom stereocenters. The third-order valence-electron chi connectivity index (χ3n) is 0.828. The quantitative estimate of drug-likeness (QED) is 0.267. The lowest BCUT2D eigenvalue weighted by atomic mass is 10.4. The van der Waals surface area contributed by atoms with Crippen molar-refractivity contribution in [2.75, 3.05) is 19.8 Å². The second-order valence-electron chi connectivity index (χ2n) is 1.85. The summed E-state index contributed by atoms with van der Waals surface area (Å²) in [6, 6.07) is 0. The smallest absolute Gasteiger partial charge is 0.142 e. The van der Waals surface area contributed by atoms with Crippen molar-refractivity contribution in [3.05, 3.63) is 0 Å². The average Bonchev–Trinajstić information content (AvgIpc) is 1.84. The Morgan fingerprint density at radius 2 is 1.89 bits per heavy atom. The second-order valence-corrected chi connectivity index (χ2v) is 1.85. The van der Waals surface area contributed by atoms with Crippen LogP contribution < -0.4 is 16.8 Å². The van der Waals surface area contributed by atoms with E-state index in [1.807, 2.05) is 0 Å². The van der Waals surface area contributed by atoms with Crippen molar-refractivity contribution in [2.45, 2.75) is 5.79 Å². The Morgan fingerprint density at radius 3 is 2.22 bits per heavy atom. The molecule has 0 atom stereocenters. The van der Waals surface area contributed by atoms with Gasteiger partial charge >= 0.3 is 0 Å². The summed E-state index contributed by atoms with van der Waals surface area (Å²) in [5, 5.41) is 19.2. The Kier molecular flexibility index (Phi) is 3.67. The molecule has 56 valence electrons. The predicted octanol–water partition coefficient (Wildman–Crippen LogP) is -2.87. The summed E-state index contributed by atoms with van der Waals surface area (Å²) in [5.74, 6) is -1.26. The van der Waals surface area contributed by atoms with Gasteiger partial charge in [-0.1, -0.05) is 0 Å². The topological polar surface area (TPSA) is 105 Å². The van der Waals surface area contributed by atoms with Gasteiger partial charge in [0.25, 0.3) is 0 Å². The standard InChI is InChI=1S/C4H13N3O2/c5-4(6,3-9)7-1-2-8/h7-9H,1-3,5-6H2. The van der Waals surface area contributed by atoms with Crippen molar-refractivity contribution >= 4 is 0 Å². The molecule has 7 N–H and O–H groups in total. The molecule has 0 fully saturated rings. The maximum atomic E-state index is 8.43. The fraction of sp³-hybridized carbons (Fsp3) is 1.00. The summed E-state index contributed by atoms with van der Waals surface area (Å²) in [6.07, 6.45) is 0. The highest BCUT2D eigenvalue weighted by molar-refractivity contribution is 4.70. The van der Waals surface area contributed by atoms with Crippen LogP contribution in [0.3, 0.4) is 0 Å². The molecule has 0 aliphatic rings. The van der Waals surface area contributed by atoms with Crippen molar-refractivity contribution < 1.29 is 10.2 Å². The number of nitrogens with one attached hydrogen (secondary N) is 1. The summed E-state index contributed by atoms with van der Waals surface area (Å²) in [4.78, 5) is 0. The van der Waals surface area contributed by atoms with Gasteiger partial charge in [0.05, 0.1) is 13.2 Å². The Hall–Kier alpha value is -0.200. The molecule has 5 nitrogen and oxygen atoms in total. The van der Waals surface area contributed by atoms with E-state index in [2.05, 4.69) is 5.32 Å². The van der Waals surface area contributed by atoms with Gasteiger partial charge in [-0.15, -0.1) is 0 Å². The Bertz CT molecular complexity index is 76.2. The predicted molar refractivity (Wildman–Crippen MR) is 33.3 cm³/mol. The van der Waals surface area contributed by atoms with Crippen molar-refractivity contribution in [1.82, 2.24) is 5.32 Å². The first-order chi connectivity index (χ1) is 4.12. The number of hydrogen-bond donors (Lipinski definition) is 5. The SMILES string of the molecule is NC(N)(CO)NCCO. The van der Waals surface area contributed by atoms with Gasteiger partial charge in [-0.3, -0.25) is 16.8 Å². The first kappa shape index (κ1) is 8.80. The van der Waals surface area contributed by atoms with Crippen LogP contribution in [-0.4, -0.2) is 35.8 Å². The van der Waals surface area contributed by atoms with E-state index in [-0.39, 0.29) is 19.8 Å². The van der Waals surface area contributed by atoms with Crippen molar-refractivity contribution in [1.29, 1.82) is 0 Å². The molecule has 0 saturated heterocycles. The number of hydrogen-bond acceptors (Lipinski definition) is 5. The number of rotatable bonds is 4. The van der Waals surface area contributed by atoms with E-state index < -0.39 is 5.79 Å². The molecule has 0 amide bonds. The molecule has 0 saturated carbocycles. The van der Waals surface area contributed by atoms with Gasteiger partial charge in [-0.25, -0.2) is 0 Å². The van der Waals surface area contributed by atoms with Crippen LogP contribution in [-0.2, 0) is 0 Å². The first-order valence-corrected chi connectivity index (χ1v) is 2.67. The van der Waals surface area contributed by atoms with Gasteiger partial charge in [0.15, 0.2) is 0 Å². The number of aliphatic hydroxyl groups excluding tert-OH is 2. The summed E-state index contributed by atoms with van der Waals surface area (Å²) >= 11 is 0. The second kappa shape index (κ2) is 3.76. The highest BCUT2D eigenvalue weighted by Crippen LogP contribution is 1.77. The van der Waals surface area contributed by atoms with E-state index in [1.54, 1.807) is 0 Å². The fourth-order valence-electron chi connectivity index (χ4n) is 0.345. The summed E-state index contributed by atoms with van der Waals surface area (Å²) in [7, 11) is 0. The van der Waals surface area contributed by atoms with Gasteiger partial charge in [-0.2, -0.15) is 0 Å². The minimum Gasteiger partial charge on any atom is -0.395 e. The normalized spacial score (nSPS) is 12.0. The fourth-order valence-corrected chi connectivity index (χ4v) is 0.345. The van der Waals surface area contributed by atoms with E-state index in [4.69, 9.17) is 21.7 Å². The monoisotopic (exact) mass is 135 g/mol. The molecule has 0 aromatic rings. The van der Waals surface area contributed by atoms with Gasteiger partial charge in [-0.05, 0) is 0 Å². The molecule has 9 heavy (non-hydrogen) atoms. The highest BCUT2D eigenvalue weighted by Gasteiger charge is 2.14.